The Labute approximate surface area is 153 Å². The van der Waals surface area contributed by atoms with Crippen molar-refractivity contribution < 1.29 is 18.8 Å². The zero-order chi connectivity index (χ0) is 18.4. The fraction of sp³-hybridized carbons (Fsp3) is 0.474. The molecule has 1 aliphatic heterocycles. The smallest absolute Gasteiger partial charge is 0.259 e. The minimum absolute atomic E-state index is 0.0880. The van der Waals surface area contributed by atoms with Gasteiger partial charge in [-0.05, 0) is 13.3 Å². The number of nitrogens with one attached hydrogen (secondary N) is 1. The van der Waals surface area contributed by atoms with Crippen molar-refractivity contribution in [3.8, 4) is 11.3 Å². The third-order valence-electron chi connectivity index (χ3n) is 4.49. The van der Waals surface area contributed by atoms with Gasteiger partial charge in [-0.2, -0.15) is 0 Å². The van der Waals surface area contributed by atoms with Crippen LogP contribution in [0.15, 0.2) is 34.9 Å². The number of hydrogen-bond acceptors (Lipinski definition) is 6. The lowest BCUT2D eigenvalue weighted by molar-refractivity contribution is 0.0917. The predicted octanol–water partition coefficient (Wildman–Crippen LogP) is 2.33. The first-order valence-corrected chi connectivity index (χ1v) is 8.89. The fourth-order valence-electron chi connectivity index (χ4n) is 2.86. The van der Waals surface area contributed by atoms with Crippen molar-refractivity contribution in [1.82, 2.24) is 10.5 Å². The maximum Gasteiger partial charge on any atom is 0.259 e. The molecule has 0 radical (unpaired) electrons. The molecule has 140 valence electrons. The summed E-state index contributed by atoms with van der Waals surface area (Å²) in [5.74, 6) is 0.878. The van der Waals surface area contributed by atoms with Crippen molar-refractivity contribution in [1.29, 1.82) is 0 Å². The zero-order valence-electron chi connectivity index (χ0n) is 15.2. The van der Waals surface area contributed by atoms with Crippen molar-refractivity contribution in [2.24, 2.45) is 0 Å². The monoisotopic (exact) mass is 359 g/mol. The number of morpholine rings is 1. The number of amides is 1. The van der Waals surface area contributed by atoms with E-state index in [1.165, 1.54) is 0 Å². The van der Waals surface area contributed by atoms with Crippen molar-refractivity contribution in [3.05, 3.63) is 35.9 Å². The Morgan fingerprint density at radius 2 is 2.04 bits per heavy atom. The lowest BCUT2D eigenvalue weighted by atomic mass is 10.1. The molecule has 0 aliphatic carbocycles. The number of methoxy groups -OCH3 is 1. The average Bonchev–Trinajstić information content (AvgIpc) is 3.14. The van der Waals surface area contributed by atoms with E-state index in [4.69, 9.17) is 14.0 Å². The maximum absolute atomic E-state index is 12.9. The summed E-state index contributed by atoms with van der Waals surface area (Å²) in [4.78, 5) is 15.0. The van der Waals surface area contributed by atoms with Gasteiger partial charge in [-0.15, -0.1) is 0 Å². The van der Waals surface area contributed by atoms with Crippen molar-refractivity contribution in [2.75, 3.05) is 44.9 Å². The fourth-order valence-corrected chi connectivity index (χ4v) is 2.86. The van der Waals surface area contributed by atoms with Gasteiger partial charge in [0, 0.05) is 32.3 Å². The first-order valence-electron chi connectivity index (χ1n) is 8.89. The average molecular weight is 359 g/mol. The number of benzene rings is 1. The van der Waals surface area contributed by atoms with Gasteiger partial charge in [0.25, 0.3) is 5.91 Å². The molecule has 1 atom stereocenters. The molecule has 1 aliphatic rings. The van der Waals surface area contributed by atoms with Gasteiger partial charge in [-0.25, -0.2) is 0 Å². The number of carbonyl (C=O) groups excluding carboxylic acids is 1. The number of ether oxygens (including phenoxy) is 2. The molecule has 3 rings (SSSR count). The van der Waals surface area contributed by atoms with E-state index in [2.05, 4.69) is 10.5 Å². The SMILES string of the molecule is COC(C)CCNC(=O)c1c(N2CCOCC2)noc1-c1ccccc1. The first kappa shape index (κ1) is 18.4. The van der Waals surface area contributed by atoms with Crippen LogP contribution in [0.3, 0.4) is 0 Å². The van der Waals surface area contributed by atoms with E-state index in [1.54, 1.807) is 7.11 Å². The Bertz CT molecular complexity index is 711. The summed E-state index contributed by atoms with van der Waals surface area (Å²) in [5.41, 5.74) is 1.30. The first-order chi connectivity index (χ1) is 12.7. The van der Waals surface area contributed by atoms with Crippen molar-refractivity contribution in [2.45, 2.75) is 19.4 Å². The van der Waals surface area contributed by atoms with Crippen LogP contribution in [0.5, 0.6) is 0 Å². The third-order valence-corrected chi connectivity index (χ3v) is 4.49. The Balaban J connectivity index is 1.86. The van der Waals surface area contributed by atoms with Gasteiger partial charge in [-0.3, -0.25) is 4.79 Å². The van der Waals surface area contributed by atoms with Crippen LogP contribution in [0.4, 0.5) is 5.82 Å². The van der Waals surface area contributed by atoms with Crippen molar-refractivity contribution in [3.63, 3.8) is 0 Å². The summed E-state index contributed by atoms with van der Waals surface area (Å²) in [5, 5.41) is 7.17. The van der Waals surface area contributed by atoms with Gasteiger partial charge >= 0.3 is 0 Å². The van der Waals surface area contributed by atoms with Gasteiger partial charge in [0.05, 0.1) is 19.3 Å². The number of nitrogens with zero attached hydrogens (tertiary/aromatic N) is 2. The summed E-state index contributed by atoms with van der Waals surface area (Å²) in [6.07, 6.45) is 0.825. The van der Waals surface area contributed by atoms with E-state index in [9.17, 15) is 4.79 Å². The third kappa shape index (κ3) is 4.23. The Kier molecular flexibility index (Phi) is 6.25. The molecule has 1 unspecified atom stereocenters. The van der Waals surface area contributed by atoms with E-state index in [-0.39, 0.29) is 12.0 Å². The summed E-state index contributed by atoms with van der Waals surface area (Å²) >= 11 is 0. The van der Waals surface area contributed by atoms with Crippen LogP contribution in [0, 0.1) is 0 Å². The minimum Gasteiger partial charge on any atom is -0.382 e. The highest BCUT2D eigenvalue weighted by atomic mass is 16.5. The summed E-state index contributed by atoms with van der Waals surface area (Å²) in [6, 6.07) is 9.57. The molecular formula is C19H25N3O4. The Morgan fingerprint density at radius 1 is 1.31 bits per heavy atom. The maximum atomic E-state index is 12.9. The molecule has 1 aromatic carbocycles. The van der Waals surface area contributed by atoms with Crippen LogP contribution in [0.25, 0.3) is 11.3 Å². The summed E-state index contributed by atoms with van der Waals surface area (Å²) < 4.78 is 16.2. The Hall–Kier alpha value is -2.38. The van der Waals surface area contributed by atoms with Gasteiger partial charge < -0.3 is 24.2 Å². The molecule has 7 nitrogen and oxygen atoms in total. The lowest BCUT2D eigenvalue weighted by Crippen LogP contribution is -2.38. The second-order valence-corrected chi connectivity index (χ2v) is 6.27. The standard InChI is InChI=1S/C19H25N3O4/c1-14(24-2)8-9-20-19(23)16-17(15-6-4-3-5-7-15)26-21-18(16)22-10-12-25-13-11-22/h3-7,14H,8-13H2,1-2H3,(H,20,23). The van der Waals surface area contributed by atoms with Gasteiger partial charge in [0.2, 0.25) is 0 Å². The normalized spacial score (nSPS) is 15.7. The second kappa shape index (κ2) is 8.82. The largest absolute Gasteiger partial charge is 0.382 e. The molecule has 1 saturated heterocycles. The van der Waals surface area contributed by atoms with E-state index in [0.717, 1.165) is 12.0 Å². The zero-order valence-corrected chi connectivity index (χ0v) is 15.2. The molecule has 7 heteroatoms. The number of aromatic nitrogens is 1. The number of rotatable bonds is 7. The van der Waals surface area contributed by atoms with Gasteiger partial charge in [0.15, 0.2) is 11.6 Å². The van der Waals surface area contributed by atoms with Gasteiger partial charge in [0.1, 0.15) is 5.56 Å². The van der Waals surface area contributed by atoms with E-state index in [0.29, 0.717) is 50.0 Å². The molecular weight excluding hydrogens is 334 g/mol. The molecule has 1 amide bonds. The van der Waals surface area contributed by atoms with Crippen LogP contribution in [-0.4, -0.2) is 57.1 Å². The number of hydrogen-bond donors (Lipinski definition) is 1. The highest BCUT2D eigenvalue weighted by molar-refractivity contribution is 6.04. The molecule has 26 heavy (non-hydrogen) atoms. The molecule has 0 saturated carbocycles. The molecule has 0 spiro atoms. The van der Waals surface area contributed by atoms with Crippen LogP contribution >= 0.6 is 0 Å². The van der Waals surface area contributed by atoms with Gasteiger partial charge in [-0.1, -0.05) is 35.5 Å². The molecule has 1 N–H and O–H groups in total. The van der Waals surface area contributed by atoms with E-state index < -0.39 is 0 Å². The molecule has 1 aromatic heterocycles. The Morgan fingerprint density at radius 3 is 2.73 bits per heavy atom. The molecule has 2 aromatic rings. The van der Waals surface area contributed by atoms with Crippen LogP contribution < -0.4 is 10.2 Å². The predicted molar refractivity (Wildman–Crippen MR) is 98.4 cm³/mol. The number of carbonyl (C=O) groups is 1. The van der Waals surface area contributed by atoms with E-state index in [1.807, 2.05) is 42.2 Å². The van der Waals surface area contributed by atoms with E-state index >= 15 is 0 Å². The highest BCUT2D eigenvalue weighted by Gasteiger charge is 2.28. The minimum atomic E-state index is -0.185. The molecule has 0 bridgehead atoms. The van der Waals surface area contributed by atoms with Crippen LogP contribution in [0.1, 0.15) is 23.7 Å². The van der Waals surface area contributed by atoms with Crippen molar-refractivity contribution >= 4 is 11.7 Å². The number of anilines is 1. The summed E-state index contributed by atoms with van der Waals surface area (Å²) in [7, 11) is 1.66. The van der Waals surface area contributed by atoms with Crippen LogP contribution in [0.2, 0.25) is 0 Å². The quantitative estimate of drug-likeness (QED) is 0.818. The van der Waals surface area contributed by atoms with Crippen LogP contribution in [-0.2, 0) is 9.47 Å². The summed E-state index contributed by atoms with van der Waals surface area (Å²) in [6.45, 7) is 5.08. The second-order valence-electron chi connectivity index (χ2n) is 6.27. The highest BCUT2D eigenvalue weighted by Crippen LogP contribution is 2.31. The molecule has 1 fully saturated rings. The molecule has 2 heterocycles. The lowest BCUT2D eigenvalue weighted by Gasteiger charge is -2.27. The topological polar surface area (TPSA) is 76.8 Å².